The van der Waals surface area contributed by atoms with Gasteiger partial charge in [-0.1, -0.05) is 32.0 Å². The quantitative estimate of drug-likeness (QED) is 0.328. The summed E-state index contributed by atoms with van der Waals surface area (Å²) in [5.41, 5.74) is 2.83. The fourth-order valence-corrected chi connectivity index (χ4v) is 2.91. The van der Waals surface area contributed by atoms with Crippen LogP contribution in [-0.2, 0) is 28.7 Å². The fraction of sp³-hybridized carbons (Fsp3) is 0.556. The first-order valence-corrected chi connectivity index (χ1v) is 11.7. The SMILES string of the molecule is CCc1ccc(CCCOC(C)C)c(F)c1.CCc1ccc(OCCOC(C)C)c(F)c1. The number of halogens is 2. The minimum atomic E-state index is -0.302. The zero-order chi connectivity index (χ0) is 23.9. The number of benzene rings is 2. The van der Waals surface area contributed by atoms with Gasteiger partial charge in [-0.05, 0) is 88.3 Å². The molecule has 0 aromatic heterocycles. The van der Waals surface area contributed by atoms with Crippen molar-refractivity contribution < 1.29 is 23.0 Å². The van der Waals surface area contributed by atoms with Crippen molar-refractivity contribution in [1.29, 1.82) is 0 Å². The van der Waals surface area contributed by atoms with E-state index in [-0.39, 0.29) is 23.8 Å². The van der Waals surface area contributed by atoms with Crippen LogP contribution in [0.15, 0.2) is 36.4 Å². The summed E-state index contributed by atoms with van der Waals surface area (Å²) >= 11 is 0. The lowest BCUT2D eigenvalue weighted by Crippen LogP contribution is -2.11. The average Bonchev–Trinajstić information content (AvgIpc) is 2.76. The van der Waals surface area contributed by atoms with Crippen LogP contribution < -0.4 is 4.74 Å². The molecule has 2 aromatic carbocycles. The Morgan fingerprint density at radius 3 is 1.81 bits per heavy atom. The smallest absolute Gasteiger partial charge is 0.165 e. The van der Waals surface area contributed by atoms with Crippen molar-refractivity contribution >= 4 is 0 Å². The highest BCUT2D eigenvalue weighted by atomic mass is 19.1. The molecule has 180 valence electrons. The van der Waals surface area contributed by atoms with Crippen molar-refractivity contribution in [3.05, 3.63) is 64.7 Å². The molecule has 0 saturated heterocycles. The molecular weight excluding hydrogens is 410 g/mol. The summed E-state index contributed by atoms with van der Waals surface area (Å²) in [5.74, 6) is -0.0858. The summed E-state index contributed by atoms with van der Waals surface area (Å²) in [6.07, 6.45) is 3.77. The molecule has 0 atom stereocenters. The predicted molar refractivity (Wildman–Crippen MR) is 128 cm³/mol. The van der Waals surface area contributed by atoms with Gasteiger partial charge >= 0.3 is 0 Å². The van der Waals surface area contributed by atoms with E-state index in [9.17, 15) is 8.78 Å². The third kappa shape index (κ3) is 11.6. The molecule has 0 aliphatic carbocycles. The Hall–Kier alpha value is -1.98. The van der Waals surface area contributed by atoms with Crippen LogP contribution in [0.2, 0.25) is 0 Å². The molecule has 0 aliphatic rings. The van der Waals surface area contributed by atoms with Crippen molar-refractivity contribution in [3.8, 4) is 5.75 Å². The van der Waals surface area contributed by atoms with Gasteiger partial charge < -0.3 is 14.2 Å². The Kier molecular flexibility index (Phi) is 13.8. The van der Waals surface area contributed by atoms with Crippen LogP contribution >= 0.6 is 0 Å². The number of hydrogen-bond acceptors (Lipinski definition) is 3. The van der Waals surface area contributed by atoms with Crippen molar-refractivity contribution in [2.75, 3.05) is 19.8 Å². The van der Waals surface area contributed by atoms with Gasteiger partial charge in [0.15, 0.2) is 11.6 Å². The van der Waals surface area contributed by atoms with E-state index in [4.69, 9.17) is 14.2 Å². The van der Waals surface area contributed by atoms with E-state index in [1.165, 1.54) is 6.07 Å². The molecular formula is C27H40F2O3. The molecule has 0 spiro atoms. The Labute approximate surface area is 193 Å². The van der Waals surface area contributed by atoms with Gasteiger partial charge in [0, 0.05) is 6.61 Å². The van der Waals surface area contributed by atoms with Crippen LogP contribution in [0.5, 0.6) is 5.75 Å². The third-order valence-corrected chi connectivity index (χ3v) is 4.76. The molecule has 2 aromatic rings. The Morgan fingerprint density at radius 1 is 0.719 bits per heavy atom. The summed E-state index contributed by atoms with van der Waals surface area (Å²) in [6, 6.07) is 10.6. The molecule has 3 nitrogen and oxygen atoms in total. The first-order chi connectivity index (χ1) is 15.3. The van der Waals surface area contributed by atoms with E-state index in [0.717, 1.165) is 42.4 Å². The van der Waals surface area contributed by atoms with Gasteiger partial charge in [0.25, 0.3) is 0 Å². The highest BCUT2D eigenvalue weighted by Crippen LogP contribution is 2.18. The van der Waals surface area contributed by atoms with Gasteiger partial charge in [0.05, 0.1) is 18.8 Å². The summed E-state index contributed by atoms with van der Waals surface area (Å²) in [4.78, 5) is 0. The molecule has 0 saturated carbocycles. The summed E-state index contributed by atoms with van der Waals surface area (Å²) in [7, 11) is 0. The average molecular weight is 451 g/mol. The second-order valence-corrected chi connectivity index (χ2v) is 8.19. The van der Waals surface area contributed by atoms with Crippen LogP contribution in [0.4, 0.5) is 8.78 Å². The Bertz CT molecular complexity index is 710. The number of rotatable bonds is 12. The van der Waals surface area contributed by atoms with Gasteiger partial charge in [-0.3, -0.25) is 0 Å². The third-order valence-electron chi connectivity index (χ3n) is 4.76. The summed E-state index contributed by atoms with van der Waals surface area (Å²) in [5, 5.41) is 0. The lowest BCUT2D eigenvalue weighted by Gasteiger charge is -2.10. The van der Waals surface area contributed by atoms with E-state index in [1.807, 2.05) is 59.7 Å². The molecule has 2 rings (SSSR count). The molecule has 32 heavy (non-hydrogen) atoms. The van der Waals surface area contributed by atoms with Crippen molar-refractivity contribution in [2.24, 2.45) is 0 Å². The lowest BCUT2D eigenvalue weighted by atomic mass is 10.1. The highest BCUT2D eigenvalue weighted by Gasteiger charge is 2.05. The van der Waals surface area contributed by atoms with E-state index >= 15 is 0 Å². The monoisotopic (exact) mass is 450 g/mol. The van der Waals surface area contributed by atoms with Gasteiger partial charge in [-0.15, -0.1) is 0 Å². The van der Waals surface area contributed by atoms with Gasteiger partial charge in [0.1, 0.15) is 12.4 Å². The van der Waals surface area contributed by atoms with Crippen molar-refractivity contribution in [3.63, 3.8) is 0 Å². The van der Waals surface area contributed by atoms with Crippen molar-refractivity contribution in [1.82, 2.24) is 0 Å². The molecule has 0 bridgehead atoms. The summed E-state index contributed by atoms with van der Waals surface area (Å²) < 4.78 is 43.1. The molecule has 0 N–H and O–H groups in total. The van der Waals surface area contributed by atoms with E-state index in [0.29, 0.717) is 25.6 Å². The maximum absolute atomic E-state index is 13.6. The summed E-state index contributed by atoms with van der Waals surface area (Å²) in [6.45, 7) is 13.5. The maximum atomic E-state index is 13.6. The lowest BCUT2D eigenvalue weighted by molar-refractivity contribution is 0.0544. The second-order valence-electron chi connectivity index (χ2n) is 8.19. The molecule has 0 heterocycles. The van der Waals surface area contributed by atoms with Crippen LogP contribution in [0, 0.1) is 11.6 Å². The standard InChI is InChI=1S/C14H21FO.C13H19FO2/c1-4-12-7-8-13(14(15)10-12)6-5-9-16-11(2)3;1-4-11-5-6-13(12(14)9-11)16-8-7-15-10(2)3/h7-8,10-11H,4-6,9H2,1-3H3;5-6,9-10H,4,7-8H2,1-3H3. The largest absolute Gasteiger partial charge is 0.488 e. The first-order valence-electron chi connectivity index (χ1n) is 11.7. The van der Waals surface area contributed by atoms with Crippen LogP contribution in [0.1, 0.15) is 64.7 Å². The fourth-order valence-electron chi connectivity index (χ4n) is 2.91. The highest BCUT2D eigenvalue weighted by molar-refractivity contribution is 5.29. The number of hydrogen-bond donors (Lipinski definition) is 0. The molecule has 0 aliphatic heterocycles. The van der Waals surface area contributed by atoms with Crippen LogP contribution in [-0.4, -0.2) is 32.0 Å². The zero-order valence-corrected chi connectivity index (χ0v) is 20.5. The van der Waals surface area contributed by atoms with Gasteiger partial charge in [-0.2, -0.15) is 0 Å². The minimum absolute atomic E-state index is 0.0797. The van der Waals surface area contributed by atoms with Crippen molar-refractivity contribution in [2.45, 2.75) is 79.4 Å². The van der Waals surface area contributed by atoms with Gasteiger partial charge in [0.2, 0.25) is 0 Å². The van der Waals surface area contributed by atoms with Crippen LogP contribution in [0.25, 0.3) is 0 Å². The van der Waals surface area contributed by atoms with E-state index in [2.05, 4.69) is 0 Å². The Balaban J connectivity index is 0.000000320. The molecule has 0 amide bonds. The molecule has 0 fully saturated rings. The normalized spacial score (nSPS) is 10.9. The topological polar surface area (TPSA) is 27.7 Å². The molecule has 0 unspecified atom stereocenters. The van der Waals surface area contributed by atoms with E-state index < -0.39 is 0 Å². The number of ether oxygens (including phenoxy) is 3. The predicted octanol–water partition coefficient (Wildman–Crippen LogP) is 6.94. The maximum Gasteiger partial charge on any atom is 0.165 e. The molecule has 5 heteroatoms. The zero-order valence-electron chi connectivity index (χ0n) is 20.5. The van der Waals surface area contributed by atoms with E-state index in [1.54, 1.807) is 12.1 Å². The minimum Gasteiger partial charge on any atom is -0.488 e. The molecule has 0 radical (unpaired) electrons. The first kappa shape index (κ1) is 28.1. The van der Waals surface area contributed by atoms with Crippen LogP contribution in [0.3, 0.4) is 0 Å². The van der Waals surface area contributed by atoms with Gasteiger partial charge in [-0.25, -0.2) is 8.78 Å². The second kappa shape index (κ2) is 15.8. The number of aryl methyl sites for hydroxylation is 3. The Morgan fingerprint density at radius 2 is 1.28 bits per heavy atom.